The van der Waals surface area contributed by atoms with Crippen molar-refractivity contribution in [3.63, 3.8) is 0 Å². The number of carbonyl (C=O) groups excluding carboxylic acids is 1. The maximum absolute atomic E-state index is 12.1. The molecule has 1 aliphatic rings. The van der Waals surface area contributed by atoms with Crippen LogP contribution in [0.3, 0.4) is 0 Å². The second kappa shape index (κ2) is 4.79. The Morgan fingerprint density at radius 1 is 1.28 bits per heavy atom. The van der Waals surface area contributed by atoms with E-state index in [0.717, 1.165) is 0 Å². The largest absolute Gasteiger partial charge is 0.453 e. The van der Waals surface area contributed by atoms with Gasteiger partial charge in [0, 0.05) is 6.42 Å². The molecule has 5 nitrogen and oxygen atoms in total. The maximum atomic E-state index is 12.1. The van der Waals surface area contributed by atoms with E-state index in [1.165, 1.54) is 0 Å². The Hall–Kier alpha value is -0.650. The number of hydrogen-bond acceptors (Lipinski definition) is 5. The lowest BCUT2D eigenvalue weighted by Gasteiger charge is -2.30. The summed E-state index contributed by atoms with van der Waals surface area (Å²) in [6.45, 7) is 11.1. The Labute approximate surface area is 108 Å². The van der Waals surface area contributed by atoms with E-state index >= 15 is 0 Å². The summed E-state index contributed by atoms with van der Waals surface area (Å²) in [4.78, 5) is 21.7. The van der Waals surface area contributed by atoms with E-state index in [-0.39, 0.29) is 5.41 Å². The number of aliphatic hydroxyl groups excluding tert-OH is 1. The zero-order chi connectivity index (χ0) is 14.2. The summed E-state index contributed by atoms with van der Waals surface area (Å²) in [5.74, 6) is -1.86. The quantitative estimate of drug-likeness (QED) is 0.466. The monoisotopic (exact) mass is 260 g/mol. The van der Waals surface area contributed by atoms with E-state index < -0.39 is 23.5 Å². The van der Waals surface area contributed by atoms with Crippen molar-refractivity contribution in [1.82, 2.24) is 0 Å². The van der Waals surface area contributed by atoms with Crippen molar-refractivity contribution >= 4 is 5.97 Å². The average Bonchev–Trinajstić information content (AvgIpc) is 2.94. The molecule has 1 unspecified atom stereocenters. The van der Waals surface area contributed by atoms with Gasteiger partial charge in [-0.2, -0.15) is 9.78 Å². The summed E-state index contributed by atoms with van der Waals surface area (Å²) in [6, 6.07) is 0. The molecular formula is C13H24O5. The fraction of sp³-hybridized carbons (Fsp3) is 0.923. The summed E-state index contributed by atoms with van der Waals surface area (Å²) in [7, 11) is 0. The molecule has 0 radical (unpaired) electrons. The van der Waals surface area contributed by atoms with Gasteiger partial charge in [0.2, 0.25) is 0 Å². The van der Waals surface area contributed by atoms with Crippen molar-refractivity contribution in [2.75, 3.05) is 0 Å². The Balaban J connectivity index is 2.66. The van der Waals surface area contributed by atoms with Gasteiger partial charge in [-0.15, -0.1) is 0 Å². The van der Waals surface area contributed by atoms with E-state index in [4.69, 9.17) is 14.5 Å². The van der Waals surface area contributed by atoms with Gasteiger partial charge in [-0.25, -0.2) is 4.79 Å². The van der Waals surface area contributed by atoms with Gasteiger partial charge in [0.05, 0.1) is 6.10 Å². The molecule has 1 rings (SSSR count). The molecule has 1 N–H and O–H groups in total. The fourth-order valence-corrected chi connectivity index (χ4v) is 1.82. The van der Waals surface area contributed by atoms with Crippen LogP contribution in [0.15, 0.2) is 0 Å². The standard InChI is InChI=1S/C13H24O5/c1-7-9(14)12(5,6)16-10(15)13(17-18-13)8-11(2,3)4/h9,14H,7-8H2,1-6H3. The maximum Gasteiger partial charge on any atom is 0.373 e. The van der Waals surface area contributed by atoms with Gasteiger partial charge >= 0.3 is 11.8 Å². The Morgan fingerprint density at radius 2 is 1.78 bits per heavy atom. The molecule has 0 bridgehead atoms. The van der Waals surface area contributed by atoms with Gasteiger partial charge in [-0.1, -0.05) is 27.7 Å². The number of ether oxygens (including phenoxy) is 1. The molecule has 1 fully saturated rings. The second-order valence-corrected chi connectivity index (χ2v) is 6.57. The van der Waals surface area contributed by atoms with Gasteiger partial charge in [0.15, 0.2) is 0 Å². The van der Waals surface area contributed by atoms with Crippen LogP contribution >= 0.6 is 0 Å². The molecule has 0 aromatic heterocycles. The number of aliphatic hydroxyl groups is 1. The van der Waals surface area contributed by atoms with Gasteiger partial charge in [0.1, 0.15) is 5.60 Å². The Kier molecular flexibility index (Phi) is 4.10. The highest BCUT2D eigenvalue weighted by atomic mass is 17.4. The first-order chi connectivity index (χ1) is 8.02. The number of hydrogen-bond donors (Lipinski definition) is 1. The van der Waals surface area contributed by atoms with Gasteiger partial charge < -0.3 is 9.84 Å². The highest BCUT2D eigenvalue weighted by Crippen LogP contribution is 2.42. The molecule has 0 spiro atoms. The molecule has 0 saturated carbocycles. The highest BCUT2D eigenvalue weighted by Gasteiger charge is 2.61. The Morgan fingerprint density at radius 3 is 2.11 bits per heavy atom. The van der Waals surface area contributed by atoms with Crippen LogP contribution in [0.2, 0.25) is 0 Å². The van der Waals surface area contributed by atoms with E-state index in [2.05, 4.69) is 0 Å². The first kappa shape index (κ1) is 15.4. The molecule has 0 aliphatic carbocycles. The van der Waals surface area contributed by atoms with Gasteiger partial charge in [-0.05, 0) is 25.7 Å². The topological polar surface area (TPSA) is 71.6 Å². The second-order valence-electron chi connectivity index (χ2n) is 6.57. The minimum atomic E-state index is -1.29. The first-order valence-corrected chi connectivity index (χ1v) is 6.31. The zero-order valence-corrected chi connectivity index (χ0v) is 12.1. The molecule has 0 amide bonds. The summed E-state index contributed by atoms with van der Waals surface area (Å²) < 4.78 is 5.32. The van der Waals surface area contributed by atoms with Crippen LogP contribution < -0.4 is 0 Å². The fourth-order valence-electron chi connectivity index (χ4n) is 1.82. The third-order valence-corrected chi connectivity index (χ3v) is 2.90. The molecule has 0 aromatic rings. The molecular weight excluding hydrogens is 236 g/mol. The summed E-state index contributed by atoms with van der Waals surface area (Å²) in [6.07, 6.45) is 0.206. The predicted octanol–water partition coefficient (Wildman–Crippen LogP) is 2.17. The van der Waals surface area contributed by atoms with E-state index in [1.807, 2.05) is 27.7 Å². The summed E-state index contributed by atoms with van der Waals surface area (Å²) >= 11 is 0. The smallest absolute Gasteiger partial charge is 0.373 e. The molecule has 106 valence electrons. The number of esters is 1. The normalized spacial score (nSPS) is 20.4. The average molecular weight is 260 g/mol. The van der Waals surface area contributed by atoms with Crippen LogP contribution in [-0.4, -0.2) is 28.6 Å². The van der Waals surface area contributed by atoms with Crippen molar-refractivity contribution in [2.24, 2.45) is 5.41 Å². The van der Waals surface area contributed by atoms with Crippen molar-refractivity contribution in [3.8, 4) is 0 Å². The zero-order valence-electron chi connectivity index (χ0n) is 12.1. The molecule has 18 heavy (non-hydrogen) atoms. The lowest BCUT2D eigenvalue weighted by Crippen LogP contribution is -2.44. The molecule has 1 aliphatic heterocycles. The SMILES string of the molecule is CCC(O)C(C)(C)OC(=O)C1(CC(C)(C)C)OO1. The van der Waals surface area contributed by atoms with Crippen LogP contribution in [0.25, 0.3) is 0 Å². The van der Waals surface area contributed by atoms with Crippen LogP contribution in [0.5, 0.6) is 0 Å². The van der Waals surface area contributed by atoms with Crippen molar-refractivity contribution in [1.29, 1.82) is 0 Å². The summed E-state index contributed by atoms with van der Waals surface area (Å²) in [5, 5.41) is 9.79. The highest BCUT2D eigenvalue weighted by molar-refractivity contribution is 5.79. The van der Waals surface area contributed by atoms with Crippen LogP contribution in [0.4, 0.5) is 0 Å². The minimum absolute atomic E-state index is 0.122. The van der Waals surface area contributed by atoms with Crippen LogP contribution in [0.1, 0.15) is 54.4 Å². The van der Waals surface area contributed by atoms with Gasteiger partial charge in [-0.3, -0.25) is 0 Å². The molecule has 5 heteroatoms. The van der Waals surface area contributed by atoms with E-state index in [1.54, 1.807) is 13.8 Å². The predicted molar refractivity (Wildman–Crippen MR) is 65.4 cm³/mol. The number of carbonyl (C=O) groups is 1. The molecule has 1 heterocycles. The molecule has 1 atom stereocenters. The first-order valence-electron chi connectivity index (χ1n) is 6.31. The van der Waals surface area contributed by atoms with Crippen molar-refractivity contribution in [3.05, 3.63) is 0 Å². The molecule has 1 saturated heterocycles. The molecule has 0 aromatic carbocycles. The Bertz CT molecular complexity index is 312. The van der Waals surface area contributed by atoms with E-state index in [9.17, 15) is 9.90 Å². The number of rotatable bonds is 5. The third kappa shape index (κ3) is 3.67. The summed E-state index contributed by atoms with van der Waals surface area (Å²) in [5.41, 5.74) is -1.07. The third-order valence-electron chi connectivity index (χ3n) is 2.90. The van der Waals surface area contributed by atoms with Crippen molar-refractivity contribution in [2.45, 2.75) is 71.9 Å². The van der Waals surface area contributed by atoms with E-state index in [0.29, 0.717) is 12.8 Å². The van der Waals surface area contributed by atoms with Gasteiger partial charge in [0.25, 0.3) is 0 Å². The lowest BCUT2D eigenvalue weighted by atomic mass is 9.88. The van der Waals surface area contributed by atoms with Crippen molar-refractivity contribution < 1.29 is 24.4 Å². The minimum Gasteiger partial charge on any atom is -0.453 e. The van der Waals surface area contributed by atoms with Crippen LogP contribution in [-0.2, 0) is 19.3 Å². The lowest BCUT2D eigenvalue weighted by molar-refractivity contribution is -0.176. The van der Waals surface area contributed by atoms with Crippen LogP contribution in [0, 0.1) is 5.41 Å².